The van der Waals surface area contributed by atoms with Crippen molar-refractivity contribution < 1.29 is 9.18 Å². The van der Waals surface area contributed by atoms with E-state index in [1.54, 1.807) is 40.9 Å². The van der Waals surface area contributed by atoms with Crippen LogP contribution in [0.5, 0.6) is 0 Å². The van der Waals surface area contributed by atoms with Crippen molar-refractivity contribution >= 4 is 11.9 Å². The van der Waals surface area contributed by atoms with Gasteiger partial charge in [-0.3, -0.25) is 9.20 Å². The van der Waals surface area contributed by atoms with Gasteiger partial charge in [-0.15, -0.1) is 10.2 Å². The van der Waals surface area contributed by atoms with Crippen LogP contribution in [0.2, 0.25) is 0 Å². The van der Waals surface area contributed by atoms with Crippen LogP contribution in [0.25, 0.3) is 17.0 Å². The average Bonchev–Trinajstić information content (AvgIpc) is 2.82. The predicted octanol–water partition coefficient (Wildman–Crippen LogP) is 2.35. The van der Waals surface area contributed by atoms with Crippen molar-refractivity contribution in [3.63, 3.8) is 0 Å². The molecule has 0 bridgehead atoms. The van der Waals surface area contributed by atoms with Gasteiger partial charge in [-0.05, 0) is 24.3 Å². The normalized spacial score (nSPS) is 10.7. The lowest BCUT2D eigenvalue weighted by Crippen LogP contribution is -1.92. The Labute approximate surface area is 102 Å². The van der Waals surface area contributed by atoms with Gasteiger partial charge in [0, 0.05) is 11.8 Å². The fraction of sp³-hybridized carbons (Fsp3) is 0. The molecule has 0 radical (unpaired) electrons. The highest BCUT2D eigenvalue weighted by atomic mass is 19.1. The van der Waals surface area contributed by atoms with Crippen LogP contribution in [0.3, 0.4) is 0 Å². The highest BCUT2D eigenvalue weighted by Gasteiger charge is 2.11. The summed E-state index contributed by atoms with van der Waals surface area (Å²) in [7, 11) is 0. The Balaban J connectivity index is 2.25. The summed E-state index contributed by atoms with van der Waals surface area (Å²) in [5, 5.41) is 7.89. The van der Waals surface area contributed by atoms with E-state index in [1.807, 2.05) is 0 Å². The van der Waals surface area contributed by atoms with Crippen molar-refractivity contribution in [1.29, 1.82) is 0 Å². The minimum atomic E-state index is -0.355. The van der Waals surface area contributed by atoms with Crippen LogP contribution in [0.15, 0.2) is 42.6 Å². The fourth-order valence-corrected chi connectivity index (χ4v) is 1.81. The molecule has 0 aliphatic carbocycles. The average molecular weight is 241 g/mol. The summed E-state index contributed by atoms with van der Waals surface area (Å²) < 4.78 is 15.3. The second-order valence-corrected chi connectivity index (χ2v) is 3.81. The summed E-state index contributed by atoms with van der Waals surface area (Å²) in [4.78, 5) is 10.7. The number of aldehydes is 1. The van der Waals surface area contributed by atoms with Gasteiger partial charge in [0.2, 0.25) is 0 Å². The molecule has 3 rings (SSSR count). The van der Waals surface area contributed by atoms with E-state index in [0.717, 1.165) is 6.29 Å². The molecular weight excluding hydrogens is 233 g/mol. The van der Waals surface area contributed by atoms with E-state index >= 15 is 0 Å². The molecule has 0 saturated heterocycles. The van der Waals surface area contributed by atoms with Gasteiger partial charge >= 0.3 is 0 Å². The van der Waals surface area contributed by atoms with Crippen molar-refractivity contribution in [2.45, 2.75) is 0 Å². The Morgan fingerprint density at radius 2 is 2.00 bits per heavy atom. The molecule has 18 heavy (non-hydrogen) atoms. The minimum Gasteiger partial charge on any atom is -0.298 e. The maximum Gasteiger partial charge on any atom is 0.171 e. The molecule has 1 aromatic carbocycles. The number of fused-ring (bicyclic) bond motifs is 1. The summed E-state index contributed by atoms with van der Waals surface area (Å²) in [6.07, 6.45) is 2.39. The number of carbonyl (C=O) groups is 1. The molecule has 4 nitrogen and oxygen atoms in total. The lowest BCUT2D eigenvalue weighted by Gasteiger charge is -2.01. The second-order valence-electron chi connectivity index (χ2n) is 3.81. The number of hydrogen-bond donors (Lipinski definition) is 0. The number of hydrogen-bond acceptors (Lipinski definition) is 3. The Hall–Kier alpha value is -2.56. The largest absolute Gasteiger partial charge is 0.298 e. The molecule has 3 aromatic rings. The lowest BCUT2D eigenvalue weighted by atomic mass is 10.2. The third-order valence-corrected chi connectivity index (χ3v) is 2.68. The predicted molar refractivity (Wildman–Crippen MR) is 63.8 cm³/mol. The molecule has 2 aromatic heterocycles. The first-order valence-corrected chi connectivity index (χ1v) is 5.34. The van der Waals surface area contributed by atoms with Crippen LogP contribution in [-0.2, 0) is 0 Å². The molecule has 0 aliphatic rings. The zero-order valence-corrected chi connectivity index (χ0v) is 9.25. The minimum absolute atomic E-state index is 0.355. The van der Waals surface area contributed by atoms with Gasteiger partial charge in [-0.25, -0.2) is 4.39 Å². The topological polar surface area (TPSA) is 47.3 Å². The molecule has 0 atom stereocenters. The van der Waals surface area contributed by atoms with Crippen LogP contribution in [0.1, 0.15) is 10.4 Å². The van der Waals surface area contributed by atoms with E-state index in [4.69, 9.17) is 0 Å². The standard InChI is InChI=1S/C13H8FN3O/c14-11-4-2-1-3-10(11)13-16-15-12-7-9(8-18)5-6-17(12)13/h1-8H. The number of nitrogens with zero attached hydrogens (tertiary/aromatic N) is 3. The molecular formula is C13H8FN3O. The van der Waals surface area contributed by atoms with Crippen LogP contribution < -0.4 is 0 Å². The van der Waals surface area contributed by atoms with Crippen molar-refractivity contribution in [2.24, 2.45) is 0 Å². The van der Waals surface area contributed by atoms with Gasteiger partial charge in [0.1, 0.15) is 12.1 Å². The molecule has 0 spiro atoms. The fourth-order valence-electron chi connectivity index (χ4n) is 1.81. The quantitative estimate of drug-likeness (QED) is 0.647. The van der Waals surface area contributed by atoms with E-state index in [2.05, 4.69) is 10.2 Å². The van der Waals surface area contributed by atoms with Gasteiger partial charge in [0.15, 0.2) is 11.5 Å². The van der Waals surface area contributed by atoms with Crippen molar-refractivity contribution in [1.82, 2.24) is 14.6 Å². The van der Waals surface area contributed by atoms with Gasteiger partial charge in [-0.2, -0.15) is 0 Å². The summed E-state index contributed by atoms with van der Waals surface area (Å²) in [6.45, 7) is 0. The number of aromatic nitrogens is 3. The summed E-state index contributed by atoms with van der Waals surface area (Å²) >= 11 is 0. The maximum atomic E-state index is 13.7. The van der Waals surface area contributed by atoms with E-state index in [1.165, 1.54) is 6.07 Å². The van der Waals surface area contributed by atoms with Crippen molar-refractivity contribution in [3.05, 3.63) is 54.0 Å². The molecule has 88 valence electrons. The third-order valence-electron chi connectivity index (χ3n) is 2.68. The second kappa shape index (κ2) is 4.03. The summed E-state index contributed by atoms with van der Waals surface area (Å²) in [5.41, 5.74) is 1.40. The highest BCUT2D eigenvalue weighted by Crippen LogP contribution is 2.21. The molecule has 5 heteroatoms. The molecule has 0 unspecified atom stereocenters. The van der Waals surface area contributed by atoms with E-state index in [9.17, 15) is 9.18 Å². The Morgan fingerprint density at radius 1 is 1.17 bits per heavy atom. The first-order chi connectivity index (χ1) is 8.79. The number of rotatable bonds is 2. The van der Waals surface area contributed by atoms with Gasteiger partial charge < -0.3 is 0 Å². The molecule has 2 heterocycles. The number of benzene rings is 1. The van der Waals surface area contributed by atoms with Gasteiger partial charge in [0.05, 0.1) is 5.56 Å². The number of carbonyl (C=O) groups excluding carboxylic acids is 1. The van der Waals surface area contributed by atoms with E-state index in [0.29, 0.717) is 22.6 Å². The number of halogens is 1. The first-order valence-electron chi connectivity index (χ1n) is 5.34. The summed E-state index contributed by atoms with van der Waals surface area (Å²) in [5.74, 6) is 0.0619. The molecule has 0 aliphatic heterocycles. The smallest absolute Gasteiger partial charge is 0.171 e. The van der Waals surface area contributed by atoms with Gasteiger partial charge in [-0.1, -0.05) is 12.1 Å². The summed E-state index contributed by atoms with van der Waals surface area (Å²) in [6, 6.07) is 9.60. The Morgan fingerprint density at radius 3 is 2.78 bits per heavy atom. The monoisotopic (exact) mass is 241 g/mol. The lowest BCUT2D eigenvalue weighted by molar-refractivity contribution is 0.112. The van der Waals surface area contributed by atoms with Crippen molar-refractivity contribution in [2.75, 3.05) is 0 Å². The highest BCUT2D eigenvalue weighted by molar-refractivity contribution is 5.77. The van der Waals surface area contributed by atoms with E-state index < -0.39 is 0 Å². The third kappa shape index (κ3) is 1.57. The van der Waals surface area contributed by atoms with Crippen LogP contribution in [0.4, 0.5) is 4.39 Å². The van der Waals surface area contributed by atoms with Crippen LogP contribution in [0, 0.1) is 5.82 Å². The van der Waals surface area contributed by atoms with Crippen LogP contribution in [-0.4, -0.2) is 20.9 Å². The SMILES string of the molecule is O=Cc1ccn2c(-c3ccccc3F)nnc2c1. The molecule has 0 fully saturated rings. The maximum absolute atomic E-state index is 13.7. The zero-order chi connectivity index (χ0) is 12.5. The molecule has 0 amide bonds. The first kappa shape index (κ1) is 10.6. The van der Waals surface area contributed by atoms with Crippen molar-refractivity contribution in [3.8, 4) is 11.4 Å². The zero-order valence-electron chi connectivity index (χ0n) is 9.25. The van der Waals surface area contributed by atoms with Gasteiger partial charge in [0.25, 0.3) is 0 Å². The number of pyridine rings is 1. The van der Waals surface area contributed by atoms with E-state index in [-0.39, 0.29) is 5.82 Å². The van der Waals surface area contributed by atoms with Crippen LogP contribution >= 0.6 is 0 Å². The molecule has 0 saturated carbocycles. The molecule has 0 N–H and O–H groups in total. The Kier molecular flexibility index (Phi) is 2.37. The Bertz CT molecular complexity index is 736.